The second-order valence-corrected chi connectivity index (χ2v) is 9.66. The number of thiophene rings is 1. The van der Waals surface area contributed by atoms with Gasteiger partial charge in [-0.25, -0.2) is 18.7 Å². The Bertz CT molecular complexity index is 1220. The summed E-state index contributed by atoms with van der Waals surface area (Å²) in [6.07, 6.45) is 4.02. The maximum absolute atomic E-state index is 14.9. The van der Waals surface area contributed by atoms with Crippen molar-refractivity contribution in [2.45, 2.75) is 38.6 Å². The fourth-order valence-electron chi connectivity index (χ4n) is 4.47. The van der Waals surface area contributed by atoms with Gasteiger partial charge in [-0.2, -0.15) is 0 Å². The average Bonchev–Trinajstić information content (AvgIpc) is 3.38. The van der Waals surface area contributed by atoms with E-state index in [0.717, 1.165) is 29.7 Å². The van der Waals surface area contributed by atoms with E-state index in [9.17, 15) is 8.78 Å². The molecule has 0 saturated carbocycles. The highest BCUT2D eigenvalue weighted by atomic mass is 32.1. The molecule has 1 unspecified atom stereocenters. The second-order valence-electron chi connectivity index (χ2n) is 7.72. The first-order valence-corrected chi connectivity index (χ1v) is 11.9. The van der Waals surface area contributed by atoms with Gasteiger partial charge >= 0.3 is 0 Å². The minimum absolute atomic E-state index is 0.170. The number of pyridine rings is 1. The SMILES string of the molecule is CCN1CCCC(c2cc3c(Nc4c(F)cc5scnc5c4F)ccnc3s2)[C@H]1C. The molecule has 156 valence electrons. The van der Waals surface area contributed by atoms with Crippen LogP contribution in [0.2, 0.25) is 0 Å². The molecule has 3 aromatic heterocycles. The summed E-state index contributed by atoms with van der Waals surface area (Å²) >= 11 is 2.90. The predicted octanol–water partition coefficient (Wildman–Crippen LogP) is 6.52. The molecule has 30 heavy (non-hydrogen) atoms. The van der Waals surface area contributed by atoms with E-state index in [1.54, 1.807) is 23.6 Å². The first kappa shape index (κ1) is 19.8. The van der Waals surface area contributed by atoms with Gasteiger partial charge in [-0.15, -0.1) is 22.7 Å². The lowest BCUT2D eigenvalue weighted by Gasteiger charge is -2.38. The number of rotatable bonds is 4. The lowest BCUT2D eigenvalue weighted by Crippen LogP contribution is -2.41. The van der Waals surface area contributed by atoms with E-state index >= 15 is 0 Å². The number of thiazole rings is 1. The van der Waals surface area contributed by atoms with Crippen molar-refractivity contribution < 1.29 is 8.78 Å². The van der Waals surface area contributed by atoms with Crippen molar-refractivity contribution in [3.05, 3.63) is 46.4 Å². The molecule has 8 heteroatoms. The van der Waals surface area contributed by atoms with Gasteiger partial charge in [-0.05, 0) is 51.1 Å². The van der Waals surface area contributed by atoms with E-state index < -0.39 is 11.6 Å². The van der Waals surface area contributed by atoms with E-state index in [-0.39, 0.29) is 11.2 Å². The van der Waals surface area contributed by atoms with E-state index in [0.29, 0.717) is 22.3 Å². The number of halogens is 2. The van der Waals surface area contributed by atoms with Gasteiger partial charge in [0.15, 0.2) is 11.6 Å². The molecule has 0 amide bonds. The molecule has 1 N–H and O–H groups in total. The third-order valence-electron chi connectivity index (χ3n) is 6.12. The Kier molecular flexibility index (Phi) is 5.16. The van der Waals surface area contributed by atoms with Crippen LogP contribution >= 0.6 is 22.7 Å². The maximum atomic E-state index is 14.9. The molecule has 2 atom stereocenters. The smallest absolute Gasteiger partial charge is 0.176 e. The van der Waals surface area contributed by atoms with Gasteiger partial charge in [0, 0.05) is 28.4 Å². The summed E-state index contributed by atoms with van der Waals surface area (Å²) in [5, 5.41) is 3.88. The van der Waals surface area contributed by atoms with Crippen molar-refractivity contribution >= 4 is 54.5 Å². The molecule has 0 aliphatic carbocycles. The highest BCUT2D eigenvalue weighted by Crippen LogP contribution is 2.41. The van der Waals surface area contributed by atoms with Crippen LogP contribution < -0.4 is 5.32 Å². The molecule has 0 bridgehead atoms. The standard InChI is InChI=1S/C22H22F2N4S2/c1-3-28-8-4-5-13(12(28)2)17-9-14-16(6-7-25-22(14)30-17)27-20-15(23)10-18-21(19(20)24)26-11-29-18/h6-7,9-13H,3-5,8H2,1-2H3,(H,25,27)/t12-,13?/m1/s1. The third kappa shape index (κ3) is 3.27. The van der Waals surface area contributed by atoms with Crippen molar-refractivity contribution in [3.63, 3.8) is 0 Å². The Balaban J connectivity index is 1.54. The molecule has 5 rings (SSSR count). The Hall–Kier alpha value is -2.16. The van der Waals surface area contributed by atoms with Crippen molar-refractivity contribution in [3.8, 4) is 0 Å². The van der Waals surface area contributed by atoms with Crippen LogP contribution in [0.5, 0.6) is 0 Å². The number of likely N-dealkylation sites (tertiary alicyclic amines) is 1. The van der Waals surface area contributed by atoms with Gasteiger partial charge in [-0.3, -0.25) is 0 Å². The van der Waals surface area contributed by atoms with Crippen LogP contribution in [0.25, 0.3) is 20.4 Å². The van der Waals surface area contributed by atoms with Gasteiger partial charge in [-0.1, -0.05) is 6.92 Å². The van der Waals surface area contributed by atoms with E-state index in [2.05, 4.69) is 40.1 Å². The zero-order valence-corrected chi connectivity index (χ0v) is 18.4. The van der Waals surface area contributed by atoms with Crippen LogP contribution in [-0.4, -0.2) is 34.0 Å². The van der Waals surface area contributed by atoms with Crippen molar-refractivity contribution in [1.82, 2.24) is 14.9 Å². The van der Waals surface area contributed by atoms with Crippen molar-refractivity contribution in [2.24, 2.45) is 0 Å². The zero-order valence-electron chi connectivity index (χ0n) is 16.8. The fraction of sp³-hybridized carbons (Fsp3) is 0.364. The molecule has 1 aliphatic rings. The topological polar surface area (TPSA) is 41.0 Å². The van der Waals surface area contributed by atoms with Gasteiger partial charge < -0.3 is 10.2 Å². The summed E-state index contributed by atoms with van der Waals surface area (Å²) in [6.45, 7) is 6.68. The lowest BCUT2D eigenvalue weighted by atomic mass is 9.89. The first-order chi connectivity index (χ1) is 14.6. The normalized spacial score (nSPS) is 20.3. The Morgan fingerprint density at radius 2 is 2.13 bits per heavy atom. The lowest BCUT2D eigenvalue weighted by molar-refractivity contribution is 0.148. The summed E-state index contributed by atoms with van der Waals surface area (Å²) in [7, 11) is 0. The molecular weight excluding hydrogens is 422 g/mol. The van der Waals surface area contributed by atoms with Crippen LogP contribution in [0.1, 0.15) is 37.5 Å². The predicted molar refractivity (Wildman–Crippen MR) is 121 cm³/mol. The number of anilines is 2. The molecule has 0 radical (unpaired) electrons. The zero-order chi connectivity index (χ0) is 20.8. The Labute approximate surface area is 181 Å². The minimum Gasteiger partial charge on any atom is -0.350 e. The van der Waals surface area contributed by atoms with Gasteiger partial charge in [0.2, 0.25) is 0 Å². The van der Waals surface area contributed by atoms with Gasteiger partial charge in [0.1, 0.15) is 16.0 Å². The minimum atomic E-state index is -0.661. The molecule has 4 heterocycles. The molecule has 4 aromatic rings. The highest BCUT2D eigenvalue weighted by molar-refractivity contribution is 7.18. The fourth-order valence-corrected chi connectivity index (χ4v) is 6.43. The molecule has 1 aromatic carbocycles. The Morgan fingerprint density at radius 1 is 1.27 bits per heavy atom. The number of nitrogens with zero attached hydrogens (tertiary/aromatic N) is 3. The number of likely N-dealkylation sites (N-methyl/N-ethyl adjacent to an activating group) is 1. The van der Waals surface area contributed by atoms with Gasteiger partial charge in [0.25, 0.3) is 0 Å². The molecule has 4 nitrogen and oxygen atoms in total. The number of benzene rings is 1. The summed E-state index contributed by atoms with van der Waals surface area (Å²) < 4.78 is 30.0. The van der Waals surface area contributed by atoms with E-state index in [4.69, 9.17) is 0 Å². The third-order valence-corrected chi connectivity index (χ3v) is 8.07. The molecule has 0 spiro atoms. The van der Waals surface area contributed by atoms with Crippen LogP contribution in [0.4, 0.5) is 20.2 Å². The largest absolute Gasteiger partial charge is 0.350 e. The van der Waals surface area contributed by atoms with Crippen LogP contribution in [0, 0.1) is 11.6 Å². The van der Waals surface area contributed by atoms with Crippen molar-refractivity contribution in [2.75, 3.05) is 18.4 Å². The Morgan fingerprint density at radius 3 is 2.97 bits per heavy atom. The number of nitrogens with one attached hydrogen (secondary N) is 1. The number of hydrogen-bond acceptors (Lipinski definition) is 6. The number of aromatic nitrogens is 2. The molecular formula is C22H22F2N4S2. The highest BCUT2D eigenvalue weighted by Gasteiger charge is 2.29. The van der Waals surface area contributed by atoms with Crippen molar-refractivity contribution in [1.29, 1.82) is 0 Å². The summed E-state index contributed by atoms with van der Waals surface area (Å²) in [5.41, 5.74) is 2.20. The quantitative estimate of drug-likeness (QED) is 0.389. The summed E-state index contributed by atoms with van der Waals surface area (Å²) in [6, 6.07) is 5.72. The van der Waals surface area contributed by atoms with Gasteiger partial charge in [0.05, 0.1) is 15.9 Å². The summed E-state index contributed by atoms with van der Waals surface area (Å²) in [4.78, 5) is 13.2. The molecule has 1 aliphatic heterocycles. The average molecular weight is 445 g/mol. The van der Waals surface area contributed by atoms with Crippen LogP contribution in [0.3, 0.4) is 0 Å². The van der Waals surface area contributed by atoms with Crippen LogP contribution in [0.15, 0.2) is 29.9 Å². The number of fused-ring (bicyclic) bond motifs is 2. The summed E-state index contributed by atoms with van der Waals surface area (Å²) in [5.74, 6) is -0.833. The number of piperidine rings is 1. The molecule has 1 fully saturated rings. The first-order valence-electron chi connectivity index (χ1n) is 10.2. The van der Waals surface area contributed by atoms with Crippen LogP contribution in [-0.2, 0) is 0 Å². The van der Waals surface area contributed by atoms with E-state index in [1.165, 1.54) is 34.2 Å². The maximum Gasteiger partial charge on any atom is 0.176 e. The number of hydrogen-bond donors (Lipinski definition) is 1. The van der Waals surface area contributed by atoms with E-state index in [1.807, 2.05) is 0 Å². The second kappa shape index (κ2) is 7.83. The monoisotopic (exact) mass is 444 g/mol. The molecule has 1 saturated heterocycles.